The third-order valence-corrected chi connectivity index (χ3v) is 4.94. The van der Waals surface area contributed by atoms with Crippen LogP contribution in [0.3, 0.4) is 0 Å². The Morgan fingerprint density at radius 3 is 2.21 bits per heavy atom. The molecule has 1 amide bonds. The van der Waals surface area contributed by atoms with Gasteiger partial charge in [0.2, 0.25) is 10.0 Å². The number of carbonyl (C=O) groups excluding carboxylic acids is 2. The number of anilines is 1. The summed E-state index contributed by atoms with van der Waals surface area (Å²) in [6, 6.07) is 11.1. The van der Waals surface area contributed by atoms with Gasteiger partial charge in [-0.1, -0.05) is 30.3 Å². The molecule has 0 radical (unpaired) electrons. The number of rotatable bonds is 7. The van der Waals surface area contributed by atoms with Crippen molar-refractivity contribution in [3.8, 4) is 0 Å². The van der Waals surface area contributed by atoms with E-state index in [4.69, 9.17) is 0 Å². The van der Waals surface area contributed by atoms with Crippen LogP contribution in [0.1, 0.15) is 15.9 Å². The lowest BCUT2D eigenvalue weighted by atomic mass is 10.1. The molecule has 0 bridgehead atoms. The Hall–Kier alpha value is -2.95. The molecule has 0 heterocycles. The van der Waals surface area contributed by atoms with Gasteiger partial charge in [-0.2, -0.15) is 13.2 Å². The van der Waals surface area contributed by atoms with Gasteiger partial charge in [0.25, 0.3) is 0 Å². The van der Waals surface area contributed by atoms with E-state index in [2.05, 4.69) is 0 Å². The van der Waals surface area contributed by atoms with Crippen LogP contribution in [-0.2, 0) is 21.4 Å². The Labute approximate surface area is 164 Å². The summed E-state index contributed by atoms with van der Waals surface area (Å²) >= 11 is 0. The minimum atomic E-state index is -5.14. The van der Waals surface area contributed by atoms with Gasteiger partial charge in [0.1, 0.15) is 5.82 Å². The molecule has 29 heavy (non-hydrogen) atoms. The highest BCUT2D eigenvalue weighted by atomic mass is 32.2. The molecule has 0 aliphatic carbocycles. The SMILES string of the molecule is CS(=O)(=O)N(Cc1ccc(C(=O)CNC(=O)C(F)(F)F)cc1F)c1ccccc1. The van der Waals surface area contributed by atoms with Crippen LogP contribution >= 0.6 is 0 Å². The minimum absolute atomic E-state index is 0.0462. The third-order valence-electron chi connectivity index (χ3n) is 3.80. The van der Waals surface area contributed by atoms with Gasteiger partial charge in [-0.3, -0.25) is 13.9 Å². The molecular weight excluding hydrogens is 416 g/mol. The fourth-order valence-corrected chi connectivity index (χ4v) is 3.24. The first-order valence-electron chi connectivity index (χ1n) is 8.09. The normalized spacial score (nSPS) is 11.8. The zero-order chi connectivity index (χ0) is 21.8. The average Bonchev–Trinajstić information content (AvgIpc) is 2.63. The van der Waals surface area contributed by atoms with E-state index in [1.165, 1.54) is 17.4 Å². The summed E-state index contributed by atoms with van der Waals surface area (Å²) in [5, 5.41) is 1.41. The second-order valence-electron chi connectivity index (χ2n) is 6.01. The smallest absolute Gasteiger partial charge is 0.341 e. The number of hydrogen-bond acceptors (Lipinski definition) is 4. The largest absolute Gasteiger partial charge is 0.471 e. The lowest BCUT2D eigenvalue weighted by Gasteiger charge is -2.22. The molecule has 0 aromatic heterocycles. The molecule has 2 rings (SSSR count). The van der Waals surface area contributed by atoms with E-state index in [1.807, 2.05) is 0 Å². The van der Waals surface area contributed by atoms with Gasteiger partial charge in [0, 0.05) is 11.1 Å². The zero-order valence-electron chi connectivity index (χ0n) is 15.0. The van der Waals surface area contributed by atoms with Crippen LogP contribution in [0.5, 0.6) is 0 Å². The van der Waals surface area contributed by atoms with Crippen LogP contribution < -0.4 is 9.62 Å². The van der Waals surface area contributed by atoms with E-state index >= 15 is 0 Å². The topological polar surface area (TPSA) is 83.6 Å². The fourth-order valence-electron chi connectivity index (χ4n) is 2.36. The number of amides is 1. The number of Topliss-reactive ketones (excluding diaryl/α,β-unsaturated/α-hetero) is 1. The summed E-state index contributed by atoms with van der Waals surface area (Å²) in [6.45, 7) is -1.31. The monoisotopic (exact) mass is 432 g/mol. The maximum absolute atomic E-state index is 14.4. The fraction of sp³-hybridized carbons (Fsp3) is 0.222. The van der Waals surface area contributed by atoms with Crippen molar-refractivity contribution in [1.82, 2.24) is 5.32 Å². The summed E-state index contributed by atoms with van der Waals surface area (Å²) < 4.78 is 75.9. The van der Waals surface area contributed by atoms with Crippen molar-refractivity contribution >= 4 is 27.4 Å². The van der Waals surface area contributed by atoms with Gasteiger partial charge in [0.15, 0.2) is 5.78 Å². The van der Waals surface area contributed by atoms with Crippen molar-refractivity contribution in [3.63, 3.8) is 0 Å². The molecule has 11 heteroatoms. The van der Waals surface area contributed by atoms with Crippen molar-refractivity contribution in [2.75, 3.05) is 17.1 Å². The van der Waals surface area contributed by atoms with E-state index in [1.54, 1.807) is 18.2 Å². The molecule has 0 spiro atoms. The van der Waals surface area contributed by atoms with E-state index in [0.717, 1.165) is 28.8 Å². The van der Waals surface area contributed by atoms with Gasteiger partial charge in [-0.25, -0.2) is 12.8 Å². The molecule has 0 aliphatic rings. The van der Waals surface area contributed by atoms with Crippen LogP contribution in [-0.4, -0.2) is 39.1 Å². The number of benzene rings is 2. The Kier molecular flexibility index (Phi) is 6.62. The number of nitrogens with zero attached hydrogens (tertiary/aromatic N) is 1. The molecule has 156 valence electrons. The predicted molar refractivity (Wildman–Crippen MR) is 97.3 cm³/mol. The van der Waals surface area contributed by atoms with E-state index in [-0.39, 0.29) is 17.7 Å². The van der Waals surface area contributed by atoms with Crippen LogP contribution in [0.15, 0.2) is 48.5 Å². The first-order valence-corrected chi connectivity index (χ1v) is 9.94. The molecule has 0 fully saturated rings. The zero-order valence-corrected chi connectivity index (χ0v) is 15.8. The van der Waals surface area contributed by atoms with E-state index in [9.17, 15) is 35.6 Å². The van der Waals surface area contributed by atoms with Crippen molar-refractivity contribution in [2.24, 2.45) is 0 Å². The number of hydrogen-bond donors (Lipinski definition) is 1. The summed E-state index contributed by atoms with van der Waals surface area (Å²) in [7, 11) is -3.75. The van der Waals surface area contributed by atoms with Crippen LogP contribution in [0, 0.1) is 5.82 Å². The Bertz CT molecular complexity index is 1010. The highest BCUT2D eigenvalue weighted by Crippen LogP contribution is 2.22. The second-order valence-corrected chi connectivity index (χ2v) is 7.92. The highest BCUT2D eigenvalue weighted by Gasteiger charge is 2.38. The maximum Gasteiger partial charge on any atom is 0.471 e. The maximum atomic E-state index is 14.4. The second kappa shape index (κ2) is 8.60. The Morgan fingerprint density at radius 2 is 1.69 bits per heavy atom. The molecule has 2 aromatic carbocycles. The number of ketones is 1. The molecule has 0 atom stereocenters. The Balaban J connectivity index is 2.18. The third kappa shape index (κ3) is 6.01. The van der Waals surface area contributed by atoms with Gasteiger partial charge in [-0.15, -0.1) is 0 Å². The van der Waals surface area contributed by atoms with Crippen molar-refractivity contribution in [2.45, 2.75) is 12.7 Å². The lowest BCUT2D eigenvalue weighted by Crippen LogP contribution is -2.39. The first kappa shape index (κ1) is 22.3. The van der Waals surface area contributed by atoms with Gasteiger partial charge in [0.05, 0.1) is 25.0 Å². The quantitative estimate of drug-likeness (QED) is 0.539. The van der Waals surface area contributed by atoms with Crippen molar-refractivity contribution in [1.29, 1.82) is 0 Å². The van der Waals surface area contributed by atoms with Gasteiger partial charge >= 0.3 is 12.1 Å². The molecule has 1 N–H and O–H groups in total. The number of halogens is 4. The number of nitrogens with one attached hydrogen (secondary N) is 1. The molecule has 2 aromatic rings. The molecule has 0 saturated carbocycles. The molecule has 6 nitrogen and oxygen atoms in total. The van der Waals surface area contributed by atoms with Crippen molar-refractivity contribution in [3.05, 3.63) is 65.5 Å². The summed E-state index contributed by atoms with van der Waals surface area (Å²) in [5.41, 5.74) is -0.00101. The predicted octanol–water partition coefficient (Wildman–Crippen LogP) is 2.65. The number of para-hydroxylation sites is 1. The van der Waals surface area contributed by atoms with Gasteiger partial charge in [-0.05, 0) is 18.2 Å². The molecule has 0 aliphatic heterocycles. The number of alkyl halides is 3. The Morgan fingerprint density at radius 1 is 1.07 bits per heavy atom. The van der Waals surface area contributed by atoms with Crippen LogP contribution in [0.4, 0.5) is 23.2 Å². The standard InChI is InChI=1S/C18H16F4N2O4S/c1-29(27,28)24(14-5-3-2-4-6-14)11-13-8-7-12(9-15(13)19)16(25)10-23-17(26)18(20,21)22/h2-9H,10-11H2,1H3,(H,23,26). The first-order chi connectivity index (χ1) is 13.4. The molecule has 0 unspecified atom stereocenters. The number of sulfonamides is 1. The van der Waals surface area contributed by atoms with E-state index < -0.39 is 40.3 Å². The molecular formula is C18H16F4N2O4S. The van der Waals surface area contributed by atoms with Crippen molar-refractivity contribution < 1.29 is 35.6 Å². The minimum Gasteiger partial charge on any atom is -0.341 e. The lowest BCUT2D eigenvalue weighted by molar-refractivity contribution is -0.173. The van der Waals surface area contributed by atoms with E-state index in [0.29, 0.717) is 5.69 Å². The van der Waals surface area contributed by atoms with Crippen LogP contribution in [0.25, 0.3) is 0 Å². The number of carbonyl (C=O) groups is 2. The summed E-state index contributed by atoms with van der Waals surface area (Å²) in [6.07, 6.45) is -4.18. The van der Waals surface area contributed by atoms with Crippen LogP contribution in [0.2, 0.25) is 0 Å². The average molecular weight is 432 g/mol. The highest BCUT2D eigenvalue weighted by molar-refractivity contribution is 7.92. The summed E-state index contributed by atoms with van der Waals surface area (Å²) in [5.74, 6) is -4.13. The summed E-state index contributed by atoms with van der Waals surface area (Å²) in [4.78, 5) is 22.6. The molecule has 0 saturated heterocycles. The van der Waals surface area contributed by atoms with Gasteiger partial charge < -0.3 is 5.32 Å².